The lowest BCUT2D eigenvalue weighted by molar-refractivity contribution is 0.191. The van der Waals surface area contributed by atoms with Gasteiger partial charge in [0.25, 0.3) is 0 Å². The molecule has 0 spiro atoms. The van der Waals surface area contributed by atoms with E-state index in [4.69, 9.17) is 4.18 Å². The number of rotatable bonds is 4. The van der Waals surface area contributed by atoms with Crippen LogP contribution in [-0.2, 0) is 4.18 Å². The first kappa shape index (κ1) is 10.4. The molecule has 0 aromatic heterocycles. The van der Waals surface area contributed by atoms with E-state index in [1.807, 2.05) is 7.05 Å². The maximum absolute atomic E-state index is 11.3. The smallest absolute Gasteiger partial charge is 0.319 e. The summed E-state index contributed by atoms with van der Waals surface area (Å²) in [5.74, 6) is 0. The third-order valence-electron chi connectivity index (χ3n) is 1.79. The molecule has 0 radical (unpaired) electrons. The molecule has 0 saturated carbocycles. The molecule has 0 atom stereocenters. The molecule has 12 heavy (non-hydrogen) atoms. The first-order valence-corrected chi connectivity index (χ1v) is 6.94. The molecule has 6 heteroatoms. The zero-order valence-corrected chi connectivity index (χ0v) is 9.80. The standard InChI is InChI=1S/C6H11IN2O2S/c1-8-2-3-9(6(8)10)4-5-11-12-7/h2-5H2,1H3. The lowest BCUT2D eigenvalue weighted by atomic mass is 10.5. The first-order valence-electron chi connectivity index (χ1n) is 3.66. The minimum absolute atomic E-state index is 0.108. The van der Waals surface area contributed by atoms with Gasteiger partial charge in [-0.15, -0.1) is 0 Å². The van der Waals surface area contributed by atoms with Crippen LogP contribution in [0.3, 0.4) is 0 Å². The molecule has 1 saturated heterocycles. The van der Waals surface area contributed by atoms with Gasteiger partial charge in [0.2, 0.25) is 0 Å². The molecule has 1 aliphatic rings. The topological polar surface area (TPSA) is 32.8 Å². The van der Waals surface area contributed by atoms with Crippen LogP contribution in [0.1, 0.15) is 0 Å². The molecule has 1 heterocycles. The van der Waals surface area contributed by atoms with Gasteiger partial charge in [-0.1, -0.05) is 0 Å². The molecule has 1 aliphatic heterocycles. The highest BCUT2D eigenvalue weighted by molar-refractivity contribution is 14.2. The number of nitrogens with zero attached hydrogens (tertiary/aromatic N) is 2. The molecule has 1 fully saturated rings. The Hall–Kier alpha value is 0.310. The fourth-order valence-electron chi connectivity index (χ4n) is 1.09. The molecule has 0 unspecified atom stereocenters. The minimum Gasteiger partial charge on any atom is -0.326 e. The van der Waals surface area contributed by atoms with E-state index < -0.39 is 0 Å². The van der Waals surface area contributed by atoms with Crippen molar-refractivity contribution in [1.82, 2.24) is 9.80 Å². The number of carbonyl (C=O) groups excluding carboxylic acids is 1. The Morgan fingerprint density at radius 1 is 1.67 bits per heavy atom. The predicted molar refractivity (Wildman–Crippen MR) is 57.2 cm³/mol. The van der Waals surface area contributed by atoms with Gasteiger partial charge in [-0.05, 0) is 0 Å². The summed E-state index contributed by atoms with van der Waals surface area (Å²) in [5, 5.41) is 0. The van der Waals surface area contributed by atoms with Crippen LogP contribution in [0.2, 0.25) is 0 Å². The summed E-state index contributed by atoms with van der Waals surface area (Å²) >= 11 is 2.06. The van der Waals surface area contributed by atoms with Gasteiger partial charge in [0, 0.05) is 47.9 Å². The van der Waals surface area contributed by atoms with Gasteiger partial charge in [0.15, 0.2) is 0 Å². The van der Waals surface area contributed by atoms with Crippen molar-refractivity contribution in [3.8, 4) is 0 Å². The maximum atomic E-state index is 11.3. The van der Waals surface area contributed by atoms with E-state index in [1.54, 1.807) is 9.80 Å². The number of carbonyl (C=O) groups is 1. The van der Waals surface area contributed by atoms with E-state index in [-0.39, 0.29) is 6.03 Å². The Morgan fingerprint density at radius 3 is 2.92 bits per heavy atom. The van der Waals surface area contributed by atoms with Gasteiger partial charge in [0.05, 0.1) is 15.8 Å². The zero-order valence-electron chi connectivity index (χ0n) is 6.83. The molecule has 0 aromatic carbocycles. The molecule has 2 amide bonds. The van der Waals surface area contributed by atoms with Crippen LogP contribution in [0.15, 0.2) is 0 Å². The van der Waals surface area contributed by atoms with E-state index in [1.165, 1.54) is 9.21 Å². The Kier molecular flexibility index (Phi) is 4.44. The molecule has 4 nitrogen and oxygen atoms in total. The second kappa shape index (κ2) is 5.13. The molecule has 70 valence electrons. The van der Waals surface area contributed by atoms with Gasteiger partial charge in [-0.2, -0.15) is 0 Å². The molecule has 0 N–H and O–H groups in total. The third kappa shape index (κ3) is 2.67. The van der Waals surface area contributed by atoms with E-state index in [0.717, 1.165) is 13.1 Å². The van der Waals surface area contributed by atoms with Crippen molar-refractivity contribution in [2.75, 3.05) is 33.3 Å². The largest absolute Gasteiger partial charge is 0.326 e. The summed E-state index contributed by atoms with van der Waals surface area (Å²) in [6.45, 7) is 2.95. The SMILES string of the molecule is CN1CCN(CCOSI)C1=O. The van der Waals surface area contributed by atoms with Crippen LogP contribution in [-0.4, -0.2) is 49.1 Å². The molecule has 0 aliphatic carbocycles. The molecule has 0 bridgehead atoms. The Balaban J connectivity index is 2.20. The van der Waals surface area contributed by atoms with Gasteiger partial charge >= 0.3 is 6.03 Å². The maximum Gasteiger partial charge on any atom is 0.319 e. The van der Waals surface area contributed by atoms with Gasteiger partial charge < -0.3 is 14.0 Å². The average Bonchev–Trinajstić information content (AvgIpc) is 2.36. The van der Waals surface area contributed by atoms with E-state index in [0.29, 0.717) is 13.2 Å². The number of likely N-dealkylation sites (N-methyl/N-ethyl adjacent to an activating group) is 1. The Bertz CT molecular complexity index is 170. The summed E-state index contributed by atoms with van der Waals surface area (Å²) < 4.78 is 5.07. The highest BCUT2D eigenvalue weighted by atomic mass is 127. The van der Waals surface area contributed by atoms with Crippen molar-refractivity contribution in [1.29, 1.82) is 0 Å². The average molecular weight is 302 g/mol. The van der Waals surface area contributed by atoms with Crippen LogP contribution in [0, 0.1) is 0 Å². The van der Waals surface area contributed by atoms with Crippen LogP contribution in [0.25, 0.3) is 0 Å². The van der Waals surface area contributed by atoms with Crippen molar-refractivity contribution in [2.45, 2.75) is 0 Å². The van der Waals surface area contributed by atoms with Crippen molar-refractivity contribution in [3.63, 3.8) is 0 Å². The minimum atomic E-state index is 0.108. The van der Waals surface area contributed by atoms with Crippen molar-refractivity contribution in [2.24, 2.45) is 0 Å². The summed E-state index contributed by atoms with van der Waals surface area (Å²) in [7, 11) is 3.12. The quantitative estimate of drug-likeness (QED) is 0.447. The highest BCUT2D eigenvalue weighted by Gasteiger charge is 2.24. The molecule has 0 aromatic rings. The summed E-state index contributed by atoms with van der Waals surface area (Å²) in [5.41, 5.74) is 0. The van der Waals surface area contributed by atoms with Crippen LogP contribution >= 0.6 is 30.4 Å². The normalized spacial score (nSPS) is 17.7. The number of amides is 2. The fraction of sp³-hybridized carbons (Fsp3) is 0.833. The first-order chi connectivity index (χ1) is 5.75. The number of halogens is 1. The summed E-state index contributed by atoms with van der Waals surface area (Å²) in [4.78, 5) is 14.8. The number of hydrogen-bond acceptors (Lipinski definition) is 3. The third-order valence-corrected chi connectivity index (χ3v) is 2.81. The lowest BCUT2D eigenvalue weighted by Gasteiger charge is -2.14. The summed E-state index contributed by atoms with van der Waals surface area (Å²) in [6.07, 6.45) is 0. The number of hydrogen-bond donors (Lipinski definition) is 0. The van der Waals surface area contributed by atoms with Crippen molar-refractivity contribution >= 4 is 36.5 Å². The monoisotopic (exact) mass is 302 g/mol. The van der Waals surface area contributed by atoms with Crippen molar-refractivity contribution < 1.29 is 8.98 Å². The van der Waals surface area contributed by atoms with E-state index >= 15 is 0 Å². The summed E-state index contributed by atoms with van der Waals surface area (Å²) in [6, 6.07) is 0.108. The van der Waals surface area contributed by atoms with E-state index in [2.05, 4.69) is 21.2 Å². The molecular formula is C6H11IN2O2S. The van der Waals surface area contributed by atoms with Gasteiger partial charge in [-0.3, -0.25) is 0 Å². The number of urea groups is 1. The van der Waals surface area contributed by atoms with Crippen LogP contribution in [0.4, 0.5) is 4.79 Å². The Labute approximate surface area is 88.4 Å². The lowest BCUT2D eigenvalue weighted by Crippen LogP contribution is -2.31. The van der Waals surface area contributed by atoms with Crippen molar-refractivity contribution in [3.05, 3.63) is 0 Å². The molecular weight excluding hydrogens is 291 g/mol. The second-order valence-electron chi connectivity index (χ2n) is 2.58. The van der Waals surface area contributed by atoms with E-state index in [9.17, 15) is 4.79 Å². The van der Waals surface area contributed by atoms with Crippen LogP contribution < -0.4 is 0 Å². The predicted octanol–water partition coefficient (Wildman–Crippen LogP) is 1.37. The van der Waals surface area contributed by atoms with Gasteiger partial charge in [0.1, 0.15) is 0 Å². The van der Waals surface area contributed by atoms with Gasteiger partial charge in [-0.25, -0.2) is 4.79 Å². The molecule has 1 rings (SSSR count). The Morgan fingerprint density at radius 2 is 2.42 bits per heavy atom. The fourth-order valence-corrected chi connectivity index (χ4v) is 1.77. The zero-order chi connectivity index (χ0) is 8.97. The highest BCUT2D eigenvalue weighted by Crippen LogP contribution is 2.12. The van der Waals surface area contributed by atoms with Crippen LogP contribution in [0.5, 0.6) is 0 Å². The second-order valence-corrected chi connectivity index (χ2v) is 4.02.